The number of hydrogen-bond donors (Lipinski definition) is 0. The number of pyridine rings is 1. The number of aromatic nitrogens is 1. The highest BCUT2D eigenvalue weighted by Crippen LogP contribution is 2.27. The van der Waals surface area contributed by atoms with Gasteiger partial charge in [-0.25, -0.2) is 4.98 Å². The average molecular weight is 367 g/mol. The molecule has 6 nitrogen and oxygen atoms in total. The topological polar surface area (TPSA) is 63.5 Å². The van der Waals surface area contributed by atoms with Gasteiger partial charge in [0, 0.05) is 45.0 Å². The first kappa shape index (κ1) is 18.2. The Balaban J connectivity index is 1.32. The lowest BCUT2D eigenvalue weighted by molar-refractivity contribution is -0.136. The van der Waals surface area contributed by atoms with Crippen molar-refractivity contribution in [1.82, 2.24) is 14.8 Å². The molecule has 3 saturated heterocycles. The van der Waals surface area contributed by atoms with E-state index in [-0.39, 0.29) is 5.92 Å². The molecule has 6 heteroatoms. The predicted molar refractivity (Wildman–Crippen MR) is 104 cm³/mol. The number of carbonyl (C=O) groups excluding carboxylic acids is 1. The van der Waals surface area contributed by atoms with Crippen molar-refractivity contribution in [3.05, 3.63) is 23.9 Å². The molecule has 1 aromatic heterocycles. The summed E-state index contributed by atoms with van der Waals surface area (Å²) in [6, 6.07) is 6.39. The van der Waals surface area contributed by atoms with Crippen LogP contribution in [0.1, 0.15) is 44.1 Å². The molecule has 1 aromatic rings. The number of rotatable bonds is 3. The number of anilines is 1. The second-order valence-corrected chi connectivity index (χ2v) is 8.10. The Morgan fingerprint density at radius 3 is 2.59 bits per heavy atom. The fourth-order valence-electron chi connectivity index (χ4n) is 4.86. The van der Waals surface area contributed by atoms with Crippen LogP contribution in [0.2, 0.25) is 0 Å². The Hall–Kier alpha value is -2.13. The van der Waals surface area contributed by atoms with Crippen LogP contribution in [0.15, 0.2) is 18.3 Å². The van der Waals surface area contributed by atoms with Crippen molar-refractivity contribution < 1.29 is 4.79 Å². The minimum absolute atomic E-state index is 0.198. The van der Waals surface area contributed by atoms with Gasteiger partial charge in [0.1, 0.15) is 5.82 Å². The maximum absolute atomic E-state index is 12.8. The maximum atomic E-state index is 12.8. The van der Waals surface area contributed by atoms with Crippen LogP contribution in [-0.4, -0.2) is 66.0 Å². The van der Waals surface area contributed by atoms with E-state index in [4.69, 9.17) is 5.26 Å². The number of piperidine rings is 2. The van der Waals surface area contributed by atoms with Gasteiger partial charge in [-0.1, -0.05) is 0 Å². The van der Waals surface area contributed by atoms with E-state index in [0.29, 0.717) is 17.5 Å². The van der Waals surface area contributed by atoms with Gasteiger partial charge in [0.05, 0.1) is 17.6 Å². The third kappa shape index (κ3) is 4.08. The van der Waals surface area contributed by atoms with Crippen molar-refractivity contribution in [2.45, 2.75) is 44.6 Å². The van der Waals surface area contributed by atoms with Gasteiger partial charge in [0.25, 0.3) is 0 Å². The van der Waals surface area contributed by atoms with Gasteiger partial charge in [0.15, 0.2) is 0 Å². The Morgan fingerprint density at radius 1 is 1.07 bits per heavy atom. The van der Waals surface area contributed by atoms with E-state index >= 15 is 0 Å². The monoisotopic (exact) mass is 367 g/mol. The molecular formula is C21H29N5O. The molecule has 0 N–H and O–H groups in total. The summed E-state index contributed by atoms with van der Waals surface area (Å²) in [7, 11) is 0. The first-order valence-corrected chi connectivity index (χ1v) is 10.4. The normalized spacial score (nSPS) is 24.8. The van der Waals surface area contributed by atoms with Crippen LogP contribution < -0.4 is 4.90 Å². The summed E-state index contributed by atoms with van der Waals surface area (Å²) < 4.78 is 0. The average Bonchev–Trinajstić information content (AvgIpc) is 3.28. The Labute approximate surface area is 161 Å². The van der Waals surface area contributed by atoms with Crippen molar-refractivity contribution in [1.29, 1.82) is 5.26 Å². The molecule has 1 atom stereocenters. The molecule has 1 amide bonds. The van der Waals surface area contributed by atoms with Gasteiger partial charge in [-0.05, 0) is 57.2 Å². The smallest absolute Gasteiger partial charge is 0.226 e. The molecule has 3 fully saturated rings. The number of nitrogens with zero attached hydrogens (tertiary/aromatic N) is 5. The van der Waals surface area contributed by atoms with Crippen LogP contribution in [0.5, 0.6) is 0 Å². The molecule has 3 aliphatic heterocycles. The quantitative estimate of drug-likeness (QED) is 0.820. The molecule has 4 rings (SSSR count). The lowest BCUT2D eigenvalue weighted by atomic mass is 9.93. The standard InChI is InChI=1S/C21H29N5O/c22-15-17-5-8-23-20(14-17)24-12-6-19(7-13-24)26-11-3-4-18(16-26)21(27)25-9-1-2-10-25/h5,8,14,18-19H,1-4,6-7,9-13,16H2/t18-/m1/s1. The lowest BCUT2D eigenvalue weighted by Crippen LogP contribution is -2.51. The number of nitriles is 1. The van der Waals surface area contributed by atoms with E-state index in [2.05, 4.69) is 25.8 Å². The van der Waals surface area contributed by atoms with E-state index in [1.54, 1.807) is 12.3 Å². The minimum Gasteiger partial charge on any atom is -0.356 e. The summed E-state index contributed by atoms with van der Waals surface area (Å²) in [5.74, 6) is 1.50. The zero-order chi connectivity index (χ0) is 18.6. The molecule has 4 heterocycles. The molecule has 0 saturated carbocycles. The highest BCUT2D eigenvalue weighted by molar-refractivity contribution is 5.79. The molecule has 0 aliphatic carbocycles. The minimum atomic E-state index is 0.198. The van der Waals surface area contributed by atoms with Gasteiger partial charge < -0.3 is 9.80 Å². The van der Waals surface area contributed by atoms with Crippen LogP contribution in [-0.2, 0) is 4.79 Å². The van der Waals surface area contributed by atoms with E-state index in [9.17, 15) is 4.79 Å². The predicted octanol–water partition coefficient (Wildman–Crippen LogP) is 2.26. The molecular weight excluding hydrogens is 338 g/mol. The van der Waals surface area contributed by atoms with E-state index in [1.165, 1.54) is 12.8 Å². The lowest BCUT2D eigenvalue weighted by Gasteiger charge is -2.42. The highest BCUT2D eigenvalue weighted by atomic mass is 16.2. The Bertz CT molecular complexity index is 701. The second-order valence-electron chi connectivity index (χ2n) is 8.10. The van der Waals surface area contributed by atoms with Gasteiger partial charge in [-0.15, -0.1) is 0 Å². The van der Waals surface area contributed by atoms with Crippen LogP contribution >= 0.6 is 0 Å². The van der Waals surface area contributed by atoms with Crippen molar-refractivity contribution >= 4 is 11.7 Å². The molecule has 0 radical (unpaired) electrons. The largest absolute Gasteiger partial charge is 0.356 e. The molecule has 27 heavy (non-hydrogen) atoms. The molecule has 0 unspecified atom stereocenters. The van der Waals surface area contributed by atoms with E-state index in [1.807, 2.05) is 6.07 Å². The van der Waals surface area contributed by atoms with Crippen LogP contribution in [0.4, 0.5) is 5.82 Å². The van der Waals surface area contributed by atoms with Crippen molar-refractivity contribution in [2.75, 3.05) is 44.2 Å². The number of carbonyl (C=O) groups is 1. The fraction of sp³-hybridized carbons (Fsp3) is 0.667. The third-order valence-electron chi connectivity index (χ3n) is 6.40. The molecule has 0 spiro atoms. The molecule has 0 bridgehead atoms. The van der Waals surface area contributed by atoms with E-state index in [0.717, 1.165) is 70.8 Å². The number of likely N-dealkylation sites (tertiary alicyclic amines) is 2. The third-order valence-corrected chi connectivity index (χ3v) is 6.40. The van der Waals surface area contributed by atoms with Crippen molar-refractivity contribution in [2.24, 2.45) is 5.92 Å². The fourth-order valence-corrected chi connectivity index (χ4v) is 4.86. The summed E-state index contributed by atoms with van der Waals surface area (Å²) >= 11 is 0. The van der Waals surface area contributed by atoms with Crippen LogP contribution in [0.25, 0.3) is 0 Å². The van der Waals surface area contributed by atoms with Gasteiger partial charge in [-0.3, -0.25) is 9.69 Å². The Kier molecular flexibility index (Phi) is 5.58. The summed E-state index contributed by atoms with van der Waals surface area (Å²) in [4.78, 5) is 24.2. The van der Waals surface area contributed by atoms with Gasteiger partial charge >= 0.3 is 0 Å². The summed E-state index contributed by atoms with van der Waals surface area (Å²) in [5.41, 5.74) is 0.668. The first-order chi connectivity index (χ1) is 13.2. The SMILES string of the molecule is N#Cc1ccnc(N2CCC(N3CCC[C@@H](C(=O)N4CCCC4)C3)CC2)c1. The number of hydrogen-bond acceptors (Lipinski definition) is 5. The molecule has 3 aliphatic rings. The van der Waals surface area contributed by atoms with Crippen LogP contribution in [0.3, 0.4) is 0 Å². The second kappa shape index (κ2) is 8.26. The van der Waals surface area contributed by atoms with E-state index < -0.39 is 0 Å². The zero-order valence-electron chi connectivity index (χ0n) is 16.0. The first-order valence-electron chi connectivity index (χ1n) is 10.4. The molecule has 144 valence electrons. The van der Waals surface area contributed by atoms with Crippen molar-refractivity contribution in [3.8, 4) is 6.07 Å². The summed E-state index contributed by atoms with van der Waals surface area (Å²) in [6.07, 6.45) is 8.44. The maximum Gasteiger partial charge on any atom is 0.226 e. The summed E-state index contributed by atoms with van der Waals surface area (Å²) in [6.45, 7) is 5.91. The number of amides is 1. The van der Waals surface area contributed by atoms with Gasteiger partial charge in [-0.2, -0.15) is 5.26 Å². The van der Waals surface area contributed by atoms with Crippen molar-refractivity contribution in [3.63, 3.8) is 0 Å². The zero-order valence-corrected chi connectivity index (χ0v) is 16.0. The summed E-state index contributed by atoms with van der Waals surface area (Å²) in [5, 5.41) is 9.09. The van der Waals surface area contributed by atoms with Gasteiger partial charge in [0.2, 0.25) is 5.91 Å². The van der Waals surface area contributed by atoms with Crippen LogP contribution in [0, 0.1) is 17.2 Å². The molecule has 0 aromatic carbocycles. The Morgan fingerprint density at radius 2 is 1.85 bits per heavy atom. The highest BCUT2D eigenvalue weighted by Gasteiger charge is 2.34.